The molecule has 1 aromatic heterocycles. The van der Waals surface area contributed by atoms with Gasteiger partial charge in [0.25, 0.3) is 5.91 Å². The van der Waals surface area contributed by atoms with Crippen molar-refractivity contribution in [3.05, 3.63) is 47.3 Å². The number of aromatic nitrogens is 2. The predicted octanol–water partition coefficient (Wildman–Crippen LogP) is 3.49. The zero-order valence-electron chi connectivity index (χ0n) is 16.4. The lowest BCUT2D eigenvalue weighted by atomic mass is 10.0. The van der Waals surface area contributed by atoms with E-state index in [1.807, 2.05) is 31.2 Å². The molecule has 1 aromatic carbocycles. The Labute approximate surface area is 161 Å². The Morgan fingerprint density at radius 3 is 2.74 bits per heavy atom. The van der Waals surface area contributed by atoms with Crippen LogP contribution in [-0.4, -0.2) is 35.6 Å². The third kappa shape index (κ3) is 4.76. The molecule has 0 bridgehead atoms. The van der Waals surface area contributed by atoms with Crippen molar-refractivity contribution in [3.8, 4) is 5.75 Å². The summed E-state index contributed by atoms with van der Waals surface area (Å²) in [4.78, 5) is 24.1. The summed E-state index contributed by atoms with van der Waals surface area (Å²) in [5.41, 5.74) is 2.25. The highest BCUT2D eigenvalue weighted by Crippen LogP contribution is 2.24. The summed E-state index contributed by atoms with van der Waals surface area (Å²) in [5.74, 6) is 1.30. The number of benzene rings is 1. The maximum absolute atomic E-state index is 12.6. The summed E-state index contributed by atoms with van der Waals surface area (Å²) < 4.78 is 5.16. The zero-order valence-corrected chi connectivity index (χ0v) is 16.4. The van der Waals surface area contributed by atoms with Crippen LogP contribution >= 0.6 is 0 Å². The summed E-state index contributed by atoms with van der Waals surface area (Å²) >= 11 is 0. The first-order valence-corrected chi connectivity index (χ1v) is 9.64. The molecule has 3 rings (SSSR count). The molecular formula is C21H28N4O2. The first-order chi connectivity index (χ1) is 13.1. The number of hydrogen-bond acceptors (Lipinski definition) is 5. The summed E-state index contributed by atoms with van der Waals surface area (Å²) in [6.07, 6.45) is 4.62. The van der Waals surface area contributed by atoms with Crippen LogP contribution in [0.3, 0.4) is 0 Å². The fourth-order valence-electron chi connectivity index (χ4n) is 3.50. The average Bonchev–Trinajstić information content (AvgIpc) is 2.71. The number of nitrogens with one attached hydrogen (secondary N) is 1. The van der Waals surface area contributed by atoms with Gasteiger partial charge in [-0.05, 0) is 56.4 Å². The van der Waals surface area contributed by atoms with Gasteiger partial charge < -0.3 is 15.0 Å². The summed E-state index contributed by atoms with van der Waals surface area (Å²) in [6, 6.07) is 9.85. The van der Waals surface area contributed by atoms with E-state index < -0.39 is 0 Å². The van der Waals surface area contributed by atoms with Crippen molar-refractivity contribution in [3.63, 3.8) is 0 Å². The average molecular weight is 368 g/mol. The monoisotopic (exact) mass is 368 g/mol. The molecule has 27 heavy (non-hydrogen) atoms. The lowest BCUT2D eigenvalue weighted by molar-refractivity contribution is 0.0945. The molecule has 1 aliphatic heterocycles. The molecule has 144 valence electrons. The van der Waals surface area contributed by atoms with Crippen molar-refractivity contribution in [2.45, 2.75) is 52.1 Å². The van der Waals surface area contributed by atoms with E-state index in [1.54, 1.807) is 13.2 Å². The van der Waals surface area contributed by atoms with Crippen LogP contribution in [0.4, 0.5) is 5.95 Å². The molecule has 2 heterocycles. The van der Waals surface area contributed by atoms with Crippen molar-refractivity contribution < 1.29 is 9.53 Å². The molecule has 1 N–H and O–H groups in total. The Bertz CT molecular complexity index is 776. The number of aryl methyl sites for hydroxylation is 1. The van der Waals surface area contributed by atoms with Crippen molar-refractivity contribution in [1.82, 2.24) is 15.3 Å². The van der Waals surface area contributed by atoms with E-state index in [0.29, 0.717) is 24.2 Å². The van der Waals surface area contributed by atoms with Gasteiger partial charge in [-0.25, -0.2) is 9.97 Å². The van der Waals surface area contributed by atoms with Gasteiger partial charge in [-0.1, -0.05) is 19.1 Å². The van der Waals surface area contributed by atoms with Crippen LogP contribution < -0.4 is 15.0 Å². The Balaban J connectivity index is 1.71. The van der Waals surface area contributed by atoms with Gasteiger partial charge in [0.1, 0.15) is 11.4 Å². The van der Waals surface area contributed by atoms with Gasteiger partial charge >= 0.3 is 0 Å². The Kier molecular flexibility index (Phi) is 6.27. The molecule has 1 unspecified atom stereocenters. The van der Waals surface area contributed by atoms with Crippen LogP contribution in [0.5, 0.6) is 5.75 Å². The third-order valence-corrected chi connectivity index (χ3v) is 5.04. The summed E-state index contributed by atoms with van der Waals surface area (Å²) in [7, 11) is 1.64. The number of methoxy groups -OCH3 is 1. The molecule has 0 aliphatic carbocycles. The first kappa shape index (κ1) is 19.1. The largest absolute Gasteiger partial charge is 0.497 e. The van der Waals surface area contributed by atoms with Crippen LogP contribution in [0.25, 0.3) is 0 Å². The highest BCUT2D eigenvalue weighted by molar-refractivity contribution is 5.92. The number of rotatable bonds is 6. The second-order valence-corrected chi connectivity index (χ2v) is 6.98. The van der Waals surface area contributed by atoms with Gasteiger partial charge in [0, 0.05) is 24.8 Å². The quantitative estimate of drug-likeness (QED) is 0.845. The smallest absolute Gasteiger partial charge is 0.270 e. The van der Waals surface area contributed by atoms with Crippen molar-refractivity contribution >= 4 is 11.9 Å². The van der Waals surface area contributed by atoms with E-state index >= 15 is 0 Å². The van der Waals surface area contributed by atoms with E-state index in [-0.39, 0.29) is 5.91 Å². The molecule has 6 heteroatoms. The number of anilines is 1. The molecule has 2 aromatic rings. The van der Waals surface area contributed by atoms with Gasteiger partial charge in [0.05, 0.1) is 7.11 Å². The Morgan fingerprint density at radius 2 is 2.04 bits per heavy atom. The van der Waals surface area contributed by atoms with Crippen LogP contribution in [-0.2, 0) is 6.54 Å². The Hall–Kier alpha value is -2.63. The molecule has 0 saturated carbocycles. The fraction of sp³-hybridized carbons (Fsp3) is 0.476. The molecular weight excluding hydrogens is 340 g/mol. The van der Waals surface area contributed by atoms with Crippen LogP contribution in [0.1, 0.15) is 54.4 Å². The molecule has 0 spiro atoms. The normalized spacial score (nSPS) is 16.9. The molecule has 1 amide bonds. The van der Waals surface area contributed by atoms with E-state index in [1.165, 1.54) is 6.42 Å². The highest BCUT2D eigenvalue weighted by Gasteiger charge is 2.24. The lowest BCUT2D eigenvalue weighted by Gasteiger charge is -2.35. The van der Waals surface area contributed by atoms with E-state index in [9.17, 15) is 4.79 Å². The molecule has 6 nitrogen and oxygen atoms in total. The zero-order chi connectivity index (χ0) is 19.2. The second-order valence-electron chi connectivity index (χ2n) is 6.98. The molecule has 0 radical (unpaired) electrons. The molecule has 1 aliphatic rings. The SMILES string of the molecule is CCC1CCCCN1c1nc(C)cc(C(=O)NCc2ccc(OC)cc2)n1. The topological polar surface area (TPSA) is 67.4 Å². The minimum atomic E-state index is -0.178. The number of piperidine rings is 1. The minimum absolute atomic E-state index is 0.178. The number of nitrogens with zero attached hydrogens (tertiary/aromatic N) is 3. The van der Waals surface area contributed by atoms with Crippen LogP contribution in [0.15, 0.2) is 30.3 Å². The Morgan fingerprint density at radius 1 is 1.26 bits per heavy atom. The maximum atomic E-state index is 12.6. The van der Waals surface area contributed by atoms with Crippen molar-refractivity contribution in [2.75, 3.05) is 18.6 Å². The molecule has 1 saturated heterocycles. The highest BCUT2D eigenvalue weighted by atomic mass is 16.5. The van der Waals surface area contributed by atoms with E-state index in [0.717, 1.165) is 42.8 Å². The van der Waals surface area contributed by atoms with Crippen molar-refractivity contribution in [1.29, 1.82) is 0 Å². The van der Waals surface area contributed by atoms with Gasteiger partial charge in [0.15, 0.2) is 0 Å². The van der Waals surface area contributed by atoms with Gasteiger partial charge in [-0.3, -0.25) is 4.79 Å². The van der Waals surface area contributed by atoms with E-state index in [4.69, 9.17) is 4.74 Å². The number of carbonyl (C=O) groups is 1. The maximum Gasteiger partial charge on any atom is 0.270 e. The van der Waals surface area contributed by atoms with E-state index in [2.05, 4.69) is 27.1 Å². The standard InChI is InChI=1S/C21H28N4O2/c1-4-17-7-5-6-12-25(17)21-23-15(2)13-19(24-21)20(26)22-14-16-8-10-18(27-3)11-9-16/h8-11,13,17H,4-7,12,14H2,1-3H3,(H,22,26). The first-order valence-electron chi connectivity index (χ1n) is 9.64. The summed E-state index contributed by atoms with van der Waals surface area (Å²) in [6.45, 7) is 5.51. The minimum Gasteiger partial charge on any atom is -0.497 e. The number of amides is 1. The van der Waals surface area contributed by atoms with Gasteiger partial charge in [-0.15, -0.1) is 0 Å². The third-order valence-electron chi connectivity index (χ3n) is 5.04. The van der Waals surface area contributed by atoms with Gasteiger partial charge in [0.2, 0.25) is 5.95 Å². The molecule has 1 atom stereocenters. The van der Waals surface area contributed by atoms with Gasteiger partial charge in [-0.2, -0.15) is 0 Å². The lowest BCUT2D eigenvalue weighted by Crippen LogP contribution is -2.40. The van der Waals surface area contributed by atoms with Crippen molar-refractivity contribution in [2.24, 2.45) is 0 Å². The molecule has 1 fully saturated rings. The second kappa shape index (κ2) is 8.84. The number of carbonyl (C=O) groups excluding carboxylic acids is 1. The van der Waals surface area contributed by atoms with Crippen LogP contribution in [0, 0.1) is 6.92 Å². The van der Waals surface area contributed by atoms with Crippen LogP contribution in [0.2, 0.25) is 0 Å². The number of hydrogen-bond donors (Lipinski definition) is 1. The summed E-state index contributed by atoms with van der Waals surface area (Å²) in [5, 5.41) is 2.95. The fourth-order valence-corrected chi connectivity index (χ4v) is 3.50. The predicted molar refractivity (Wildman–Crippen MR) is 106 cm³/mol. The number of ether oxygens (including phenoxy) is 1.